The molecule has 0 saturated heterocycles. The van der Waals surface area contributed by atoms with Crippen LogP contribution in [0.15, 0.2) is 24.3 Å². The van der Waals surface area contributed by atoms with Gasteiger partial charge >= 0.3 is 12.1 Å². The quantitative estimate of drug-likeness (QED) is 0.671. The molecule has 0 aliphatic heterocycles. The van der Waals surface area contributed by atoms with Gasteiger partial charge in [-0.05, 0) is 26.0 Å². The van der Waals surface area contributed by atoms with E-state index in [1.807, 2.05) is 0 Å². The van der Waals surface area contributed by atoms with E-state index in [0.29, 0.717) is 6.07 Å². The molecule has 18 heavy (non-hydrogen) atoms. The maximum Gasteiger partial charge on any atom is 0.416 e. The summed E-state index contributed by atoms with van der Waals surface area (Å²) in [6.07, 6.45) is -4.57. The maximum absolute atomic E-state index is 12.5. The molecule has 98 valence electrons. The van der Waals surface area contributed by atoms with E-state index in [0.717, 1.165) is 26.0 Å². The highest BCUT2D eigenvalue weighted by molar-refractivity contribution is 6.11. The number of halogens is 3. The Balaban J connectivity index is 3.20. The highest BCUT2D eigenvalue weighted by Gasteiger charge is 2.38. The van der Waals surface area contributed by atoms with Crippen molar-refractivity contribution < 1.29 is 27.9 Å². The number of ketones is 1. The van der Waals surface area contributed by atoms with Crippen molar-refractivity contribution in [2.75, 3.05) is 0 Å². The third-order valence-corrected chi connectivity index (χ3v) is 2.55. The average molecular weight is 260 g/mol. The summed E-state index contributed by atoms with van der Waals surface area (Å²) in [7, 11) is 0. The van der Waals surface area contributed by atoms with Gasteiger partial charge in [0.1, 0.15) is 5.41 Å². The van der Waals surface area contributed by atoms with E-state index in [1.165, 1.54) is 6.07 Å². The van der Waals surface area contributed by atoms with Crippen molar-refractivity contribution in [2.24, 2.45) is 5.41 Å². The molecule has 1 rings (SSSR count). The highest BCUT2D eigenvalue weighted by Crippen LogP contribution is 2.31. The molecule has 1 N–H and O–H groups in total. The molecule has 1 aromatic carbocycles. The van der Waals surface area contributed by atoms with Crippen LogP contribution < -0.4 is 0 Å². The van der Waals surface area contributed by atoms with Crippen LogP contribution in [0.4, 0.5) is 13.2 Å². The zero-order valence-corrected chi connectivity index (χ0v) is 9.71. The van der Waals surface area contributed by atoms with Crippen LogP contribution in [-0.2, 0) is 11.0 Å². The number of rotatable bonds is 3. The van der Waals surface area contributed by atoms with Crippen molar-refractivity contribution in [3.63, 3.8) is 0 Å². The van der Waals surface area contributed by atoms with Crippen molar-refractivity contribution in [1.29, 1.82) is 0 Å². The van der Waals surface area contributed by atoms with Gasteiger partial charge in [0.15, 0.2) is 5.78 Å². The number of benzene rings is 1. The molecule has 0 aromatic heterocycles. The lowest BCUT2D eigenvalue weighted by atomic mass is 9.84. The van der Waals surface area contributed by atoms with E-state index in [-0.39, 0.29) is 5.56 Å². The SMILES string of the molecule is CC(C)(C(=O)O)C(=O)c1cccc(C(F)(F)F)c1. The van der Waals surface area contributed by atoms with Crippen molar-refractivity contribution >= 4 is 11.8 Å². The molecule has 0 unspecified atom stereocenters. The Morgan fingerprint density at radius 2 is 1.72 bits per heavy atom. The van der Waals surface area contributed by atoms with Crippen molar-refractivity contribution in [1.82, 2.24) is 0 Å². The van der Waals surface area contributed by atoms with Crippen molar-refractivity contribution in [3.05, 3.63) is 35.4 Å². The summed E-state index contributed by atoms with van der Waals surface area (Å²) >= 11 is 0. The van der Waals surface area contributed by atoms with E-state index in [9.17, 15) is 22.8 Å². The molecule has 0 spiro atoms. The van der Waals surface area contributed by atoms with Gasteiger partial charge in [-0.2, -0.15) is 13.2 Å². The van der Waals surface area contributed by atoms with Gasteiger partial charge in [0, 0.05) is 5.56 Å². The third-order valence-electron chi connectivity index (χ3n) is 2.55. The topological polar surface area (TPSA) is 54.4 Å². The molecule has 0 saturated carbocycles. The molecule has 0 radical (unpaired) electrons. The first-order valence-corrected chi connectivity index (χ1v) is 5.02. The van der Waals surface area contributed by atoms with Crippen LogP contribution in [-0.4, -0.2) is 16.9 Å². The Kier molecular flexibility index (Phi) is 3.50. The summed E-state index contributed by atoms with van der Waals surface area (Å²) in [5, 5.41) is 8.86. The molecule has 0 heterocycles. The number of hydrogen-bond donors (Lipinski definition) is 1. The van der Waals surface area contributed by atoms with Crippen LogP contribution in [0, 0.1) is 5.41 Å². The largest absolute Gasteiger partial charge is 0.481 e. The van der Waals surface area contributed by atoms with Crippen molar-refractivity contribution in [2.45, 2.75) is 20.0 Å². The maximum atomic E-state index is 12.5. The zero-order valence-electron chi connectivity index (χ0n) is 9.71. The van der Waals surface area contributed by atoms with Gasteiger partial charge in [0.2, 0.25) is 0 Å². The Morgan fingerprint density at radius 1 is 1.17 bits per heavy atom. The molecular formula is C12H11F3O3. The fourth-order valence-electron chi connectivity index (χ4n) is 1.29. The van der Waals surface area contributed by atoms with E-state index in [4.69, 9.17) is 5.11 Å². The minimum atomic E-state index is -4.57. The second-order valence-electron chi connectivity index (χ2n) is 4.34. The number of carboxylic acid groups (broad SMARTS) is 1. The smallest absolute Gasteiger partial charge is 0.416 e. The Morgan fingerprint density at radius 3 is 2.17 bits per heavy atom. The lowest BCUT2D eigenvalue weighted by Gasteiger charge is -2.18. The number of carboxylic acids is 1. The predicted octanol–water partition coefficient (Wildman–Crippen LogP) is 3.00. The molecular weight excluding hydrogens is 249 g/mol. The van der Waals surface area contributed by atoms with E-state index < -0.39 is 28.9 Å². The summed E-state index contributed by atoms with van der Waals surface area (Å²) in [4.78, 5) is 22.7. The van der Waals surface area contributed by atoms with E-state index >= 15 is 0 Å². The van der Waals surface area contributed by atoms with Crippen LogP contribution in [0.1, 0.15) is 29.8 Å². The predicted molar refractivity (Wildman–Crippen MR) is 57.2 cm³/mol. The monoisotopic (exact) mass is 260 g/mol. The molecule has 1 aromatic rings. The van der Waals surface area contributed by atoms with E-state index in [1.54, 1.807) is 0 Å². The minimum absolute atomic E-state index is 0.266. The molecule has 0 aliphatic carbocycles. The van der Waals surface area contributed by atoms with Crippen LogP contribution in [0.25, 0.3) is 0 Å². The van der Waals surface area contributed by atoms with Gasteiger partial charge in [-0.25, -0.2) is 0 Å². The molecule has 6 heteroatoms. The summed E-state index contributed by atoms with van der Waals surface area (Å²) in [6.45, 7) is 2.30. The number of carbonyl (C=O) groups is 2. The van der Waals surface area contributed by atoms with Gasteiger partial charge in [-0.3, -0.25) is 9.59 Å². The van der Waals surface area contributed by atoms with Crippen LogP contribution in [0.3, 0.4) is 0 Å². The number of alkyl halides is 3. The fraction of sp³-hybridized carbons (Fsp3) is 0.333. The highest BCUT2D eigenvalue weighted by atomic mass is 19.4. The Hall–Kier alpha value is -1.85. The van der Waals surface area contributed by atoms with Gasteiger partial charge in [-0.1, -0.05) is 12.1 Å². The average Bonchev–Trinajstić information content (AvgIpc) is 2.26. The summed E-state index contributed by atoms with van der Waals surface area (Å²) in [6, 6.07) is 3.73. The molecule has 0 bridgehead atoms. The lowest BCUT2D eigenvalue weighted by Crippen LogP contribution is -2.33. The lowest BCUT2D eigenvalue weighted by molar-refractivity contribution is -0.144. The molecule has 0 aliphatic rings. The van der Waals surface area contributed by atoms with Crippen LogP contribution in [0.5, 0.6) is 0 Å². The summed E-state index contributed by atoms with van der Waals surface area (Å²) < 4.78 is 37.4. The third kappa shape index (κ3) is 2.69. The molecule has 0 atom stereocenters. The zero-order chi connectivity index (χ0) is 14.1. The fourth-order valence-corrected chi connectivity index (χ4v) is 1.29. The molecule has 0 fully saturated rings. The molecule has 3 nitrogen and oxygen atoms in total. The van der Waals surface area contributed by atoms with Crippen molar-refractivity contribution in [3.8, 4) is 0 Å². The van der Waals surface area contributed by atoms with Gasteiger partial charge in [0.25, 0.3) is 0 Å². The first kappa shape index (κ1) is 14.2. The number of aliphatic carboxylic acids is 1. The number of hydrogen-bond acceptors (Lipinski definition) is 2. The second kappa shape index (κ2) is 4.44. The Bertz CT molecular complexity index is 490. The van der Waals surface area contributed by atoms with E-state index in [2.05, 4.69) is 0 Å². The summed E-state index contributed by atoms with van der Waals surface area (Å²) in [5.41, 5.74) is -3.00. The Labute approximate surface area is 101 Å². The first-order valence-electron chi connectivity index (χ1n) is 5.02. The first-order chi connectivity index (χ1) is 8.06. The summed E-state index contributed by atoms with van der Waals surface area (Å²) in [5.74, 6) is -2.24. The molecule has 0 amide bonds. The van der Waals surface area contributed by atoms with Gasteiger partial charge in [0.05, 0.1) is 5.56 Å². The van der Waals surface area contributed by atoms with Crippen LogP contribution >= 0.6 is 0 Å². The minimum Gasteiger partial charge on any atom is -0.481 e. The number of Topliss-reactive ketones (excluding diaryl/α,β-unsaturated/α-hetero) is 1. The van der Waals surface area contributed by atoms with Gasteiger partial charge in [-0.15, -0.1) is 0 Å². The standard InChI is InChI=1S/C12H11F3O3/c1-11(2,10(17)18)9(16)7-4-3-5-8(6-7)12(13,14)15/h3-6H,1-2H3,(H,17,18). The van der Waals surface area contributed by atoms with Crippen LogP contribution in [0.2, 0.25) is 0 Å². The number of carbonyl (C=O) groups excluding carboxylic acids is 1. The second-order valence-corrected chi connectivity index (χ2v) is 4.34. The normalized spacial score (nSPS) is 12.3. The van der Waals surface area contributed by atoms with Gasteiger partial charge < -0.3 is 5.11 Å².